The lowest BCUT2D eigenvalue weighted by Gasteiger charge is -2.63. The number of nitrogens with one attached hydrogen (secondary N) is 1. The molecule has 1 spiro atoms. The predicted octanol–water partition coefficient (Wildman–Crippen LogP) is 6.49. The van der Waals surface area contributed by atoms with Gasteiger partial charge in [-0.1, -0.05) is 55.1 Å². The maximum atomic E-state index is 12.8. The molecule has 1 aromatic heterocycles. The third-order valence-electron chi connectivity index (χ3n) is 7.07. The first-order chi connectivity index (χ1) is 16.8. The van der Waals surface area contributed by atoms with Crippen LogP contribution in [0.15, 0.2) is 91.3 Å². The zero-order chi connectivity index (χ0) is 24.6. The molecule has 5 rings (SSSR count). The average Bonchev–Trinajstić information content (AvgIpc) is 2.87. The Morgan fingerprint density at radius 3 is 2.17 bits per heavy atom. The fourth-order valence-electron chi connectivity index (χ4n) is 5.23. The molecule has 3 heterocycles. The van der Waals surface area contributed by atoms with E-state index in [0.29, 0.717) is 13.1 Å². The van der Waals surface area contributed by atoms with E-state index in [9.17, 15) is 18.0 Å². The predicted molar refractivity (Wildman–Crippen MR) is 129 cm³/mol. The van der Waals surface area contributed by atoms with Gasteiger partial charge in [0, 0.05) is 36.1 Å². The minimum absolute atomic E-state index is 0.0914. The molecule has 2 aromatic carbocycles. The molecule has 1 unspecified atom stereocenters. The van der Waals surface area contributed by atoms with Crippen molar-refractivity contribution in [3.8, 4) is 0 Å². The van der Waals surface area contributed by atoms with Crippen molar-refractivity contribution in [3.05, 3.63) is 102 Å². The van der Waals surface area contributed by atoms with Gasteiger partial charge < -0.3 is 9.80 Å². The molecule has 0 aliphatic carbocycles. The fraction of sp³-hybridized carbons (Fsp3) is 0.259. The van der Waals surface area contributed by atoms with Crippen LogP contribution in [0.2, 0.25) is 0 Å². The summed E-state index contributed by atoms with van der Waals surface area (Å²) in [5.41, 5.74) is 2.32. The number of amides is 2. The van der Waals surface area contributed by atoms with Crippen molar-refractivity contribution >= 4 is 17.5 Å². The number of urea groups is 1. The van der Waals surface area contributed by atoms with Gasteiger partial charge in [0.25, 0.3) is 0 Å². The molecule has 5 nitrogen and oxygen atoms in total. The maximum Gasteiger partial charge on any atom is 0.417 e. The molecule has 1 atom stereocenters. The highest BCUT2D eigenvalue weighted by Gasteiger charge is 2.57. The number of alkyl halides is 3. The first kappa shape index (κ1) is 23.0. The van der Waals surface area contributed by atoms with E-state index in [1.54, 1.807) is 4.90 Å². The second-order valence-corrected chi connectivity index (χ2v) is 8.97. The number of piperidine rings is 1. The Kier molecular flexibility index (Phi) is 5.75. The van der Waals surface area contributed by atoms with E-state index in [4.69, 9.17) is 0 Å². The minimum Gasteiger partial charge on any atom is -0.337 e. The van der Waals surface area contributed by atoms with Gasteiger partial charge in [-0.15, -0.1) is 0 Å². The number of pyridine rings is 1. The van der Waals surface area contributed by atoms with E-state index in [2.05, 4.69) is 46.0 Å². The summed E-state index contributed by atoms with van der Waals surface area (Å²) in [6, 6.07) is 22.3. The zero-order valence-corrected chi connectivity index (χ0v) is 19.0. The van der Waals surface area contributed by atoms with Gasteiger partial charge in [0.05, 0.1) is 11.6 Å². The van der Waals surface area contributed by atoms with Gasteiger partial charge >= 0.3 is 12.2 Å². The van der Waals surface area contributed by atoms with E-state index < -0.39 is 11.7 Å². The van der Waals surface area contributed by atoms with Crippen LogP contribution >= 0.6 is 0 Å². The van der Waals surface area contributed by atoms with Crippen LogP contribution in [0.3, 0.4) is 0 Å². The molecule has 3 aromatic rings. The highest BCUT2D eigenvalue weighted by Crippen LogP contribution is 2.62. The van der Waals surface area contributed by atoms with E-state index >= 15 is 0 Å². The number of halogens is 3. The number of rotatable bonds is 3. The molecule has 1 N–H and O–H groups in total. The third-order valence-corrected chi connectivity index (χ3v) is 7.07. The Bertz CT molecular complexity index is 1200. The summed E-state index contributed by atoms with van der Waals surface area (Å²) in [6.07, 6.45) is -2.27. The van der Waals surface area contributed by atoms with Gasteiger partial charge in [0.15, 0.2) is 0 Å². The van der Waals surface area contributed by atoms with E-state index in [1.165, 1.54) is 11.6 Å². The summed E-state index contributed by atoms with van der Waals surface area (Å²) in [5, 5.41) is 2.62. The van der Waals surface area contributed by atoms with Crippen LogP contribution in [0, 0.1) is 5.41 Å². The number of nitrogens with zero attached hydrogens (tertiary/aromatic N) is 3. The van der Waals surface area contributed by atoms with Crippen LogP contribution in [0.5, 0.6) is 0 Å². The Hall–Kier alpha value is -3.81. The van der Waals surface area contributed by atoms with Crippen LogP contribution < -0.4 is 10.2 Å². The number of likely N-dealkylation sites (tertiary alicyclic amines) is 1. The summed E-state index contributed by atoms with van der Waals surface area (Å²) >= 11 is 0. The number of carbonyl (C=O) groups is 1. The second-order valence-electron chi connectivity index (χ2n) is 8.97. The second kappa shape index (κ2) is 8.76. The van der Waals surface area contributed by atoms with Gasteiger partial charge in [-0.3, -0.25) is 5.32 Å². The lowest BCUT2D eigenvalue weighted by molar-refractivity contribution is -0.137. The van der Waals surface area contributed by atoms with Crippen LogP contribution in [0.25, 0.3) is 0 Å². The molecule has 8 heteroatoms. The van der Waals surface area contributed by atoms with Crippen LogP contribution in [-0.4, -0.2) is 29.0 Å². The molecule has 2 amide bonds. The van der Waals surface area contributed by atoms with Crippen molar-refractivity contribution in [1.29, 1.82) is 0 Å². The van der Waals surface area contributed by atoms with Crippen molar-refractivity contribution in [1.82, 2.24) is 9.88 Å². The van der Waals surface area contributed by atoms with Gasteiger partial charge in [-0.2, -0.15) is 13.2 Å². The Balaban J connectivity index is 1.30. The Morgan fingerprint density at radius 1 is 0.971 bits per heavy atom. The largest absolute Gasteiger partial charge is 0.417 e. The number of carbonyl (C=O) groups excluding carboxylic acids is 1. The molecular weight excluding hydrogens is 453 g/mol. The average molecular weight is 479 g/mol. The summed E-state index contributed by atoms with van der Waals surface area (Å²) in [5.74, 6) is 0.0914. The Labute approximate surface area is 201 Å². The van der Waals surface area contributed by atoms with Gasteiger partial charge in [-0.25, -0.2) is 9.78 Å². The maximum absolute atomic E-state index is 12.8. The van der Waals surface area contributed by atoms with Crippen LogP contribution in [0.1, 0.15) is 30.0 Å². The number of hydrogen-bond acceptors (Lipinski definition) is 3. The smallest absolute Gasteiger partial charge is 0.337 e. The molecule has 2 saturated heterocycles. The van der Waals surface area contributed by atoms with E-state index in [-0.39, 0.29) is 23.3 Å². The number of para-hydroxylation sites is 1. The van der Waals surface area contributed by atoms with Crippen LogP contribution in [0.4, 0.5) is 29.5 Å². The van der Waals surface area contributed by atoms with Gasteiger partial charge in [0.1, 0.15) is 5.82 Å². The Morgan fingerprint density at radius 2 is 1.60 bits per heavy atom. The minimum atomic E-state index is -4.47. The summed E-state index contributed by atoms with van der Waals surface area (Å²) in [7, 11) is 0. The van der Waals surface area contributed by atoms with Gasteiger partial charge in [-0.05, 0) is 42.7 Å². The highest BCUT2D eigenvalue weighted by molar-refractivity contribution is 5.88. The van der Waals surface area contributed by atoms with Crippen LogP contribution in [-0.2, 0) is 6.18 Å². The first-order valence-corrected chi connectivity index (χ1v) is 11.5. The third kappa shape index (κ3) is 4.13. The molecule has 180 valence electrons. The number of anilines is 2. The SMILES string of the molecule is C=C1N(c2ccccc2)C(c2ccccc2)C12CCN(C(=O)Nc1ccc(C(F)(F)F)cn1)CC2. The van der Waals surface area contributed by atoms with E-state index in [1.807, 2.05) is 36.4 Å². The van der Waals surface area contributed by atoms with Gasteiger partial charge in [0.2, 0.25) is 0 Å². The molecule has 2 aliphatic rings. The molecule has 0 saturated carbocycles. The molecule has 0 bridgehead atoms. The topological polar surface area (TPSA) is 48.5 Å². The standard InChI is InChI=1S/C27H25F3N4O/c1-19-26(24(20-8-4-2-5-9-20)34(19)22-10-6-3-7-11-22)14-16-33(17-15-26)25(35)32-23-13-12-21(18-31-23)27(28,29)30/h2-13,18,24H,1,14-17H2,(H,31,32,35). The normalized spacial score (nSPS) is 19.4. The lowest BCUT2D eigenvalue weighted by Crippen LogP contribution is -2.60. The summed E-state index contributed by atoms with van der Waals surface area (Å²) in [6.45, 7) is 5.46. The van der Waals surface area contributed by atoms with Crippen molar-refractivity contribution in [3.63, 3.8) is 0 Å². The summed E-state index contributed by atoms with van der Waals surface area (Å²) < 4.78 is 38.3. The summed E-state index contributed by atoms with van der Waals surface area (Å²) in [4.78, 5) is 20.5. The number of hydrogen-bond donors (Lipinski definition) is 1. The van der Waals surface area contributed by atoms with Crippen molar-refractivity contribution in [2.75, 3.05) is 23.3 Å². The molecular formula is C27H25F3N4O. The number of benzene rings is 2. The quantitative estimate of drug-likeness (QED) is 0.468. The molecule has 35 heavy (non-hydrogen) atoms. The highest BCUT2D eigenvalue weighted by atomic mass is 19.4. The molecule has 0 radical (unpaired) electrons. The zero-order valence-electron chi connectivity index (χ0n) is 19.0. The van der Waals surface area contributed by atoms with E-state index in [0.717, 1.165) is 36.5 Å². The molecule has 2 aliphatic heterocycles. The van der Waals surface area contributed by atoms with Crippen molar-refractivity contribution in [2.24, 2.45) is 5.41 Å². The fourth-order valence-corrected chi connectivity index (χ4v) is 5.23. The van der Waals surface area contributed by atoms with Crippen molar-refractivity contribution < 1.29 is 18.0 Å². The first-order valence-electron chi connectivity index (χ1n) is 11.5. The molecule has 2 fully saturated rings. The van der Waals surface area contributed by atoms with Crippen molar-refractivity contribution in [2.45, 2.75) is 25.1 Å². The lowest BCUT2D eigenvalue weighted by atomic mass is 9.60. The monoisotopic (exact) mass is 478 g/mol. The number of aromatic nitrogens is 1.